The van der Waals surface area contributed by atoms with Gasteiger partial charge in [0.25, 0.3) is 0 Å². The Balaban J connectivity index is 1.34. The van der Waals surface area contributed by atoms with Crippen LogP contribution in [0.3, 0.4) is 0 Å². The van der Waals surface area contributed by atoms with Crippen LogP contribution in [0.1, 0.15) is 35.2 Å². The van der Waals surface area contributed by atoms with E-state index in [1.54, 1.807) is 15.7 Å². The van der Waals surface area contributed by atoms with Crippen molar-refractivity contribution in [2.24, 2.45) is 0 Å². The van der Waals surface area contributed by atoms with Crippen LogP contribution >= 0.6 is 11.6 Å². The molecular formula is C25H25ClN4O2. The van der Waals surface area contributed by atoms with Gasteiger partial charge in [-0.3, -0.25) is 9.59 Å². The Kier molecular flexibility index (Phi) is 6.71. The molecule has 0 saturated carbocycles. The summed E-state index contributed by atoms with van der Waals surface area (Å²) in [6, 6.07) is 17.7. The lowest BCUT2D eigenvalue weighted by Crippen LogP contribution is -2.23. The second-order valence-corrected chi connectivity index (χ2v) is 8.16. The summed E-state index contributed by atoms with van der Waals surface area (Å²) < 4.78 is 1.73. The summed E-state index contributed by atoms with van der Waals surface area (Å²) in [5, 5.41) is 7.88. The standard InChI is InChI=1S/C25H25ClN4O2/c1-18-22(25(26)30(28-18)17-20-6-3-2-4-7-20)13-14-23(31)27-16-19-9-11-21(12-10-19)29-15-5-8-24(29)32/h2-4,6-7,9-14H,5,8,15-17H2,1H3,(H,27,31)/b14-13+. The maximum atomic E-state index is 12.3. The average Bonchev–Trinajstić information content (AvgIpc) is 3.34. The number of nitrogens with one attached hydrogen (secondary N) is 1. The molecule has 0 atom stereocenters. The van der Waals surface area contributed by atoms with E-state index in [-0.39, 0.29) is 11.8 Å². The molecule has 1 aliphatic rings. The summed E-state index contributed by atoms with van der Waals surface area (Å²) in [5.74, 6) is -0.0488. The number of anilines is 1. The molecule has 0 unspecified atom stereocenters. The molecule has 4 rings (SSSR count). The van der Waals surface area contributed by atoms with Gasteiger partial charge >= 0.3 is 0 Å². The van der Waals surface area contributed by atoms with Gasteiger partial charge in [0.2, 0.25) is 11.8 Å². The maximum absolute atomic E-state index is 12.3. The number of halogens is 1. The Morgan fingerprint density at radius 3 is 2.56 bits per heavy atom. The van der Waals surface area contributed by atoms with Gasteiger partial charge in [0.1, 0.15) is 5.15 Å². The molecule has 2 amide bonds. The predicted molar refractivity (Wildman–Crippen MR) is 126 cm³/mol. The molecule has 32 heavy (non-hydrogen) atoms. The highest BCUT2D eigenvalue weighted by Crippen LogP contribution is 2.23. The first-order valence-corrected chi connectivity index (χ1v) is 11.0. The topological polar surface area (TPSA) is 67.2 Å². The van der Waals surface area contributed by atoms with E-state index in [2.05, 4.69) is 10.4 Å². The molecule has 7 heteroatoms. The summed E-state index contributed by atoms with van der Waals surface area (Å²) in [6.07, 6.45) is 4.68. The van der Waals surface area contributed by atoms with Crippen molar-refractivity contribution in [2.75, 3.05) is 11.4 Å². The molecule has 0 aliphatic carbocycles. The van der Waals surface area contributed by atoms with Gasteiger partial charge in [-0.15, -0.1) is 0 Å². The van der Waals surface area contributed by atoms with E-state index in [9.17, 15) is 9.59 Å². The van der Waals surface area contributed by atoms with Gasteiger partial charge in [-0.2, -0.15) is 5.10 Å². The molecule has 0 spiro atoms. The number of aromatic nitrogens is 2. The fourth-order valence-electron chi connectivity index (χ4n) is 3.74. The SMILES string of the molecule is Cc1nn(Cc2ccccc2)c(Cl)c1/C=C/C(=O)NCc1ccc(N2CCCC2=O)cc1. The monoisotopic (exact) mass is 448 g/mol. The molecule has 1 N–H and O–H groups in total. The van der Waals surface area contributed by atoms with Gasteiger partial charge < -0.3 is 10.2 Å². The van der Waals surface area contributed by atoms with E-state index in [0.29, 0.717) is 24.7 Å². The van der Waals surface area contributed by atoms with Gasteiger partial charge in [0, 0.05) is 36.8 Å². The zero-order valence-electron chi connectivity index (χ0n) is 17.9. The number of benzene rings is 2. The summed E-state index contributed by atoms with van der Waals surface area (Å²) in [5.41, 5.74) is 4.47. The van der Waals surface area contributed by atoms with Crippen molar-refractivity contribution < 1.29 is 9.59 Å². The second-order valence-electron chi connectivity index (χ2n) is 7.80. The van der Waals surface area contributed by atoms with Gasteiger partial charge in [0.15, 0.2) is 0 Å². The molecule has 1 fully saturated rings. The summed E-state index contributed by atoms with van der Waals surface area (Å²) in [7, 11) is 0. The number of rotatable bonds is 7. The molecule has 0 radical (unpaired) electrons. The average molecular weight is 449 g/mol. The molecule has 1 aliphatic heterocycles. The van der Waals surface area contributed by atoms with Crippen LogP contribution in [0.2, 0.25) is 5.15 Å². The van der Waals surface area contributed by atoms with Gasteiger partial charge in [-0.05, 0) is 42.7 Å². The van der Waals surface area contributed by atoms with E-state index >= 15 is 0 Å². The predicted octanol–water partition coefficient (Wildman–Crippen LogP) is 4.35. The summed E-state index contributed by atoms with van der Waals surface area (Å²) >= 11 is 6.50. The van der Waals surface area contributed by atoms with Crippen molar-refractivity contribution in [3.63, 3.8) is 0 Å². The van der Waals surface area contributed by atoms with Gasteiger partial charge in [0.05, 0.1) is 12.2 Å². The van der Waals surface area contributed by atoms with Crippen LogP contribution in [0.15, 0.2) is 60.7 Å². The van der Waals surface area contributed by atoms with Crippen molar-refractivity contribution >= 4 is 35.2 Å². The molecule has 1 saturated heterocycles. The number of nitrogens with zero attached hydrogens (tertiary/aromatic N) is 3. The van der Waals surface area contributed by atoms with Gasteiger partial charge in [-0.1, -0.05) is 54.1 Å². The number of hydrogen-bond donors (Lipinski definition) is 1. The first kappa shape index (κ1) is 21.8. The lowest BCUT2D eigenvalue weighted by atomic mass is 10.2. The zero-order chi connectivity index (χ0) is 22.5. The number of aryl methyl sites for hydroxylation is 1. The van der Waals surface area contributed by atoms with Crippen molar-refractivity contribution in [1.82, 2.24) is 15.1 Å². The Bertz CT molecular complexity index is 1140. The quantitative estimate of drug-likeness (QED) is 0.546. The largest absolute Gasteiger partial charge is 0.348 e. The third-order valence-corrected chi connectivity index (χ3v) is 5.87. The Labute approximate surface area is 192 Å². The van der Waals surface area contributed by atoms with E-state index in [0.717, 1.165) is 41.0 Å². The van der Waals surface area contributed by atoms with Crippen molar-refractivity contribution in [3.05, 3.63) is 88.2 Å². The molecular weight excluding hydrogens is 424 g/mol. The lowest BCUT2D eigenvalue weighted by molar-refractivity contribution is -0.117. The molecule has 3 aromatic rings. The van der Waals surface area contributed by atoms with E-state index < -0.39 is 0 Å². The molecule has 2 heterocycles. The number of carbonyl (C=O) groups excluding carboxylic acids is 2. The normalized spacial score (nSPS) is 13.8. The molecule has 2 aromatic carbocycles. The maximum Gasteiger partial charge on any atom is 0.244 e. The Hall–Kier alpha value is -3.38. The highest BCUT2D eigenvalue weighted by Gasteiger charge is 2.21. The van der Waals surface area contributed by atoms with Crippen LogP contribution in [0.25, 0.3) is 6.08 Å². The zero-order valence-corrected chi connectivity index (χ0v) is 18.7. The van der Waals surface area contributed by atoms with Crippen molar-refractivity contribution in [2.45, 2.75) is 32.9 Å². The third-order valence-electron chi connectivity index (χ3n) is 5.47. The molecule has 6 nitrogen and oxygen atoms in total. The van der Waals surface area contributed by atoms with E-state index in [1.165, 1.54) is 6.08 Å². The van der Waals surface area contributed by atoms with Crippen LogP contribution in [-0.2, 0) is 22.7 Å². The first-order chi connectivity index (χ1) is 15.5. The van der Waals surface area contributed by atoms with Crippen LogP contribution in [0.4, 0.5) is 5.69 Å². The van der Waals surface area contributed by atoms with Crippen LogP contribution in [0, 0.1) is 6.92 Å². The minimum Gasteiger partial charge on any atom is -0.348 e. The second kappa shape index (κ2) is 9.83. The van der Waals surface area contributed by atoms with Crippen LogP contribution in [0.5, 0.6) is 0 Å². The highest BCUT2D eigenvalue weighted by molar-refractivity contribution is 6.31. The number of amides is 2. The number of hydrogen-bond acceptors (Lipinski definition) is 3. The summed E-state index contributed by atoms with van der Waals surface area (Å²) in [4.78, 5) is 26.0. The molecule has 164 valence electrons. The van der Waals surface area contributed by atoms with Crippen LogP contribution in [-0.4, -0.2) is 28.1 Å². The lowest BCUT2D eigenvalue weighted by Gasteiger charge is -2.15. The summed E-state index contributed by atoms with van der Waals surface area (Å²) in [6.45, 7) is 3.61. The Morgan fingerprint density at radius 1 is 1.12 bits per heavy atom. The number of carbonyl (C=O) groups is 2. The molecule has 0 bridgehead atoms. The van der Waals surface area contributed by atoms with Gasteiger partial charge in [-0.25, -0.2) is 4.68 Å². The van der Waals surface area contributed by atoms with Crippen molar-refractivity contribution in [1.29, 1.82) is 0 Å². The smallest absolute Gasteiger partial charge is 0.244 e. The minimum atomic E-state index is -0.213. The Morgan fingerprint density at radius 2 is 1.88 bits per heavy atom. The minimum absolute atomic E-state index is 0.164. The third kappa shape index (κ3) is 5.08. The fourth-order valence-corrected chi connectivity index (χ4v) is 4.04. The van der Waals surface area contributed by atoms with E-state index in [1.807, 2.05) is 61.5 Å². The first-order valence-electron chi connectivity index (χ1n) is 10.6. The highest BCUT2D eigenvalue weighted by atomic mass is 35.5. The molecule has 1 aromatic heterocycles. The fraction of sp³-hybridized carbons (Fsp3) is 0.240. The van der Waals surface area contributed by atoms with Crippen molar-refractivity contribution in [3.8, 4) is 0 Å². The van der Waals surface area contributed by atoms with E-state index in [4.69, 9.17) is 11.6 Å². The van der Waals surface area contributed by atoms with Crippen LogP contribution < -0.4 is 10.2 Å².